The summed E-state index contributed by atoms with van der Waals surface area (Å²) in [6, 6.07) is 11.2. The molecule has 6 nitrogen and oxygen atoms in total. The van der Waals surface area contributed by atoms with E-state index in [4.69, 9.17) is 21.4 Å². The largest absolute Gasteiger partial charge is 0.482 e. The van der Waals surface area contributed by atoms with Crippen molar-refractivity contribution in [3.63, 3.8) is 0 Å². The van der Waals surface area contributed by atoms with Gasteiger partial charge in [-0.2, -0.15) is 0 Å². The third-order valence-electron chi connectivity index (χ3n) is 4.97. The van der Waals surface area contributed by atoms with Gasteiger partial charge < -0.3 is 15.2 Å². The van der Waals surface area contributed by atoms with Crippen LogP contribution in [0.25, 0.3) is 10.1 Å². The molecule has 0 unspecified atom stereocenters. The second-order valence-electron chi connectivity index (χ2n) is 7.51. The lowest BCUT2D eigenvalue weighted by molar-refractivity contribution is -0.139. The van der Waals surface area contributed by atoms with E-state index in [2.05, 4.69) is 5.32 Å². The van der Waals surface area contributed by atoms with Gasteiger partial charge in [-0.05, 0) is 67.6 Å². The van der Waals surface area contributed by atoms with Crippen LogP contribution in [0.4, 0.5) is 0 Å². The number of carbonyl (C=O) groups is 1. The van der Waals surface area contributed by atoms with E-state index in [-0.39, 0.29) is 12.4 Å². The topological polar surface area (TPSA) is 92.7 Å². The van der Waals surface area contributed by atoms with Gasteiger partial charge in [0.05, 0.1) is 15.5 Å². The van der Waals surface area contributed by atoms with Gasteiger partial charge in [0.2, 0.25) is 0 Å². The highest BCUT2D eigenvalue weighted by Crippen LogP contribution is 2.38. The molecule has 1 heterocycles. The number of hydrogen-bond acceptors (Lipinski definition) is 7. The maximum absolute atomic E-state index is 12.8. The maximum Gasteiger partial charge on any atom is 0.341 e. The number of nitrogens with one attached hydrogen (secondary N) is 1. The molecule has 178 valence electrons. The number of rotatable bonds is 12. The molecule has 0 saturated carbocycles. The van der Waals surface area contributed by atoms with Crippen molar-refractivity contribution in [3.05, 3.63) is 52.5 Å². The molecule has 10 heteroatoms. The molecule has 3 aromatic rings. The van der Waals surface area contributed by atoms with Crippen LogP contribution in [0.15, 0.2) is 45.5 Å². The lowest BCUT2D eigenvalue weighted by Gasteiger charge is -2.09. The zero-order valence-electron chi connectivity index (χ0n) is 18.4. The third kappa shape index (κ3) is 6.86. The number of benzene rings is 2. The number of carboxylic acids is 1. The molecule has 0 aliphatic carbocycles. The summed E-state index contributed by atoms with van der Waals surface area (Å²) in [6.45, 7) is 4.73. The van der Waals surface area contributed by atoms with Crippen molar-refractivity contribution in [2.24, 2.45) is 0 Å². The standard InChI is InChI=1S/C23H26ClNO5S3/c1-15-13-17(7-8-20(15)30-14-21(26)27)31-11-10-25-9-4-12-33(28,29)23-16(2)18-5-3-6-19(24)22(18)32-23/h3,5-8,13,25H,4,9-12,14H2,1-2H3,(H,26,27). The summed E-state index contributed by atoms with van der Waals surface area (Å²) >= 11 is 9.15. The van der Waals surface area contributed by atoms with Crippen LogP contribution in [0, 0.1) is 13.8 Å². The van der Waals surface area contributed by atoms with Crippen LogP contribution in [0.3, 0.4) is 0 Å². The van der Waals surface area contributed by atoms with Crippen LogP contribution in [-0.2, 0) is 14.6 Å². The lowest BCUT2D eigenvalue weighted by Crippen LogP contribution is -2.21. The first-order valence-electron chi connectivity index (χ1n) is 10.4. The Labute approximate surface area is 207 Å². The van der Waals surface area contributed by atoms with Crippen molar-refractivity contribution in [2.75, 3.05) is 31.2 Å². The first kappa shape index (κ1) is 25.8. The second kappa shape index (κ2) is 11.6. The van der Waals surface area contributed by atoms with Crippen molar-refractivity contribution in [2.45, 2.75) is 29.4 Å². The van der Waals surface area contributed by atoms with E-state index >= 15 is 0 Å². The van der Waals surface area contributed by atoms with Crippen LogP contribution in [0.2, 0.25) is 5.02 Å². The van der Waals surface area contributed by atoms with E-state index in [0.29, 0.717) is 27.9 Å². The Balaban J connectivity index is 1.41. The van der Waals surface area contributed by atoms with Crippen molar-refractivity contribution >= 4 is 60.6 Å². The van der Waals surface area contributed by atoms with Crippen molar-refractivity contribution in [3.8, 4) is 5.75 Å². The first-order chi connectivity index (χ1) is 15.7. The minimum atomic E-state index is -3.36. The molecule has 0 fully saturated rings. The van der Waals surface area contributed by atoms with E-state index < -0.39 is 15.8 Å². The lowest BCUT2D eigenvalue weighted by atomic mass is 10.2. The smallest absolute Gasteiger partial charge is 0.341 e. The van der Waals surface area contributed by atoms with Gasteiger partial charge in [0.1, 0.15) is 9.96 Å². The predicted molar refractivity (Wildman–Crippen MR) is 136 cm³/mol. The first-order valence-corrected chi connectivity index (χ1v) is 14.2. The Bertz CT molecular complexity index is 1240. The minimum absolute atomic E-state index is 0.0927. The molecule has 1 aromatic heterocycles. The molecule has 0 bridgehead atoms. The Morgan fingerprint density at radius 1 is 1.21 bits per heavy atom. The molecule has 0 radical (unpaired) electrons. The molecule has 2 N–H and O–H groups in total. The third-order valence-corrected chi connectivity index (χ3v) is 10.2. The highest BCUT2D eigenvalue weighted by molar-refractivity contribution is 7.99. The van der Waals surface area contributed by atoms with Crippen molar-refractivity contribution in [1.29, 1.82) is 0 Å². The molecule has 0 aliphatic rings. The van der Waals surface area contributed by atoms with Crippen LogP contribution in [0.1, 0.15) is 17.5 Å². The van der Waals surface area contributed by atoms with Gasteiger partial charge >= 0.3 is 5.97 Å². The zero-order valence-corrected chi connectivity index (χ0v) is 21.6. The molecular weight excluding hydrogens is 502 g/mol. The number of ether oxygens (including phenoxy) is 1. The maximum atomic E-state index is 12.8. The summed E-state index contributed by atoms with van der Waals surface area (Å²) < 4.78 is 32.2. The molecule has 0 amide bonds. The van der Waals surface area contributed by atoms with E-state index in [1.807, 2.05) is 38.1 Å². The van der Waals surface area contributed by atoms with Gasteiger partial charge in [-0.3, -0.25) is 0 Å². The summed E-state index contributed by atoms with van der Waals surface area (Å²) in [7, 11) is -3.36. The van der Waals surface area contributed by atoms with Crippen LogP contribution >= 0.6 is 34.7 Å². The fourth-order valence-corrected chi connectivity index (χ4v) is 7.78. The number of thiophene rings is 1. The summed E-state index contributed by atoms with van der Waals surface area (Å²) in [5.41, 5.74) is 1.66. The highest BCUT2D eigenvalue weighted by Gasteiger charge is 2.22. The average Bonchev–Trinajstić information content (AvgIpc) is 3.11. The number of sulfone groups is 1. The number of carboxylic acid groups (broad SMARTS) is 1. The normalized spacial score (nSPS) is 11.7. The minimum Gasteiger partial charge on any atom is -0.482 e. The van der Waals surface area contributed by atoms with Crippen molar-refractivity contribution in [1.82, 2.24) is 5.32 Å². The van der Waals surface area contributed by atoms with E-state index in [1.54, 1.807) is 23.9 Å². The molecule has 0 spiro atoms. The van der Waals surface area contributed by atoms with Gasteiger partial charge in [-0.1, -0.05) is 23.7 Å². The predicted octanol–water partition coefficient (Wildman–Crippen LogP) is 5.18. The SMILES string of the molecule is Cc1cc(SCCNCCCS(=O)(=O)c2sc3c(Cl)cccc3c2C)ccc1OCC(=O)O. The number of halogens is 1. The molecule has 0 aliphatic heterocycles. The number of aliphatic carboxylic acids is 1. The Morgan fingerprint density at radius 3 is 2.70 bits per heavy atom. The molecular formula is C23H26ClNO5S3. The molecule has 0 saturated heterocycles. The van der Waals surface area contributed by atoms with E-state index in [1.165, 1.54) is 11.3 Å². The Hall–Kier alpha value is -1.78. The summed E-state index contributed by atoms with van der Waals surface area (Å²) in [6.07, 6.45) is 0.531. The second-order valence-corrected chi connectivity index (χ2v) is 12.4. The summed E-state index contributed by atoms with van der Waals surface area (Å²) in [5.74, 6) is 0.484. The average molecular weight is 528 g/mol. The molecule has 33 heavy (non-hydrogen) atoms. The summed E-state index contributed by atoms with van der Waals surface area (Å²) in [5, 5.41) is 13.5. The van der Waals surface area contributed by atoms with Gasteiger partial charge in [0.25, 0.3) is 0 Å². The highest BCUT2D eigenvalue weighted by atomic mass is 35.5. The zero-order chi connectivity index (χ0) is 24.0. The number of thioether (sulfide) groups is 1. The van der Waals surface area contributed by atoms with Crippen LogP contribution in [0.5, 0.6) is 5.75 Å². The Kier molecular flexibility index (Phi) is 9.06. The number of fused-ring (bicyclic) bond motifs is 1. The fraction of sp³-hybridized carbons (Fsp3) is 0.348. The molecule has 0 atom stereocenters. The molecule has 2 aromatic carbocycles. The number of aryl methyl sites for hydroxylation is 2. The van der Waals surface area contributed by atoms with Gasteiger partial charge in [0, 0.05) is 17.2 Å². The summed E-state index contributed by atoms with van der Waals surface area (Å²) in [4.78, 5) is 11.7. The van der Waals surface area contributed by atoms with Gasteiger partial charge in [-0.15, -0.1) is 23.1 Å². The number of hydrogen-bond donors (Lipinski definition) is 2. The Morgan fingerprint density at radius 2 is 2.00 bits per heavy atom. The van der Waals surface area contributed by atoms with Gasteiger partial charge in [-0.25, -0.2) is 13.2 Å². The molecule has 3 rings (SSSR count). The quantitative estimate of drug-likeness (QED) is 0.247. The fourth-order valence-electron chi connectivity index (χ4n) is 3.34. The van der Waals surface area contributed by atoms with E-state index in [9.17, 15) is 13.2 Å². The van der Waals surface area contributed by atoms with Crippen LogP contribution < -0.4 is 10.1 Å². The van der Waals surface area contributed by atoms with Crippen molar-refractivity contribution < 1.29 is 23.1 Å². The van der Waals surface area contributed by atoms with E-state index in [0.717, 1.165) is 38.4 Å². The van der Waals surface area contributed by atoms with Gasteiger partial charge in [0.15, 0.2) is 16.4 Å². The van der Waals surface area contributed by atoms with Crippen LogP contribution in [-0.4, -0.2) is 50.7 Å². The monoisotopic (exact) mass is 527 g/mol.